The minimum absolute atomic E-state index is 0.309. The van der Waals surface area contributed by atoms with Crippen molar-refractivity contribution < 1.29 is 18.7 Å². The van der Waals surface area contributed by atoms with Crippen LogP contribution in [0.25, 0.3) is 10.9 Å². The molecule has 0 amide bonds. The second-order valence-corrected chi connectivity index (χ2v) is 7.20. The number of hydrogen-bond acceptors (Lipinski definition) is 3. The van der Waals surface area contributed by atoms with Crippen LogP contribution in [0.3, 0.4) is 0 Å². The lowest BCUT2D eigenvalue weighted by Crippen LogP contribution is -2.41. The number of nitrogens with zero attached hydrogens (tertiary/aromatic N) is 2. The summed E-state index contributed by atoms with van der Waals surface area (Å²) in [4.78, 5) is 18.0. The van der Waals surface area contributed by atoms with Crippen molar-refractivity contribution in [2.24, 2.45) is 5.92 Å². The molecule has 28 heavy (non-hydrogen) atoms. The molecule has 3 aromatic rings. The van der Waals surface area contributed by atoms with Crippen molar-refractivity contribution in [3.63, 3.8) is 0 Å². The molecule has 2 atom stereocenters. The summed E-state index contributed by atoms with van der Waals surface area (Å²) in [7, 11) is 0. The molecule has 2 unspecified atom stereocenters. The maximum absolute atomic E-state index is 14.7. The first-order valence-corrected chi connectivity index (χ1v) is 9.29. The Morgan fingerprint density at radius 3 is 2.79 bits per heavy atom. The van der Waals surface area contributed by atoms with Crippen molar-refractivity contribution >= 4 is 16.9 Å². The number of benzene rings is 2. The Bertz CT molecular complexity index is 1020. The van der Waals surface area contributed by atoms with Crippen molar-refractivity contribution in [2.75, 3.05) is 13.1 Å². The van der Waals surface area contributed by atoms with Crippen LogP contribution in [0.4, 0.5) is 8.78 Å². The van der Waals surface area contributed by atoms with Gasteiger partial charge in [-0.05, 0) is 43.1 Å². The van der Waals surface area contributed by atoms with Crippen LogP contribution in [-0.4, -0.2) is 34.0 Å². The van der Waals surface area contributed by atoms with Crippen LogP contribution < -0.4 is 0 Å². The van der Waals surface area contributed by atoms with Crippen molar-refractivity contribution in [2.45, 2.75) is 18.9 Å². The van der Waals surface area contributed by atoms with Gasteiger partial charge in [-0.15, -0.1) is 0 Å². The van der Waals surface area contributed by atoms with Crippen LogP contribution in [0.5, 0.6) is 0 Å². The van der Waals surface area contributed by atoms with E-state index in [1.807, 2.05) is 35.2 Å². The summed E-state index contributed by atoms with van der Waals surface area (Å²) in [5.74, 6) is -2.64. The zero-order chi connectivity index (χ0) is 19.7. The zero-order valence-electron chi connectivity index (χ0n) is 15.2. The van der Waals surface area contributed by atoms with Crippen molar-refractivity contribution in [1.82, 2.24) is 9.88 Å². The standard InChI is InChI=1S/C22H20F2N2O2/c23-17-7-8-18(19(24)11-17)21(26-9-3-5-15(13-26)22(27)28)16-10-14-4-1-2-6-20(14)25-12-16/h1-2,4,6-8,10-12,15,21H,3,5,9,13H2,(H,27,28). The number of carboxylic acids is 1. The summed E-state index contributed by atoms with van der Waals surface area (Å²) in [5, 5.41) is 10.4. The second kappa shape index (κ2) is 7.64. The molecular weight excluding hydrogens is 362 g/mol. The topological polar surface area (TPSA) is 53.4 Å². The number of carbonyl (C=O) groups is 1. The van der Waals surface area contributed by atoms with Gasteiger partial charge >= 0.3 is 5.97 Å². The van der Waals surface area contributed by atoms with Crippen molar-refractivity contribution in [3.05, 3.63) is 77.5 Å². The van der Waals surface area contributed by atoms with E-state index in [0.717, 1.165) is 22.5 Å². The fraction of sp³-hybridized carbons (Fsp3) is 0.273. The van der Waals surface area contributed by atoms with E-state index in [-0.39, 0.29) is 0 Å². The molecular formula is C22H20F2N2O2. The number of para-hydroxylation sites is 1. The number of piperidine rings is 1. The number of likely N-dealkylation sites (tertiary alicyclic amines) is 1. The van der Waals surface area contributed by atoms with E-state index in [0.29, 0.717) is 31.5 Å². The largest absolute Gasteiger partial charge is 0.481 e. The first kappa shape index (κ1) is 18.5. The number of aliphatic carboxylic acids is 1. The summed E-state index contributed by atoms with van der Waals surface area (Å²) >= 11 is 0. The third-order valence-electron chi connectivity index (χ3n) is 5.35. The van der Waals surface area contributed by atoms with Crippen LogP contribution in [0, 0.1) is 17.6 Å². The number of pyridine rings is 1. The Balaban J connectivity index is 1.81. The van der Waals surface area contributed by atoms with Crippen LogP contribution >= 0.6 is 0 Å². The number of rotatable bonds is 4. The van der Waals surface area contributed by atoms with E-state index in [9.17, 15) is 18.7 Å². The summed E-state index contributed by atoms with van der Waals surface area (Å²) in [5.41, 5.74) is 1.91. The average molecular weight is 382 g/mol. The maximum atomic E-state index is 14.7. The van der Waals surface area contributed by atoms with E-state index in [1.54, 1.807) is 6.20 Å². The molecule has 0 radical (unpaired) electrons. The Kier molecular flexibility index (Phi) is 5.05. The highest BCUT2D eigenvalue weighted by Gasteiger charge is 2.32. The summed E-state index contributed by atoms with van der Waals surface area (Å²) in [6.07, 6.45) is 3.00. The Morgan fingerprint density at radius 2 is 2.00 bits per heavy atom. The molecule has 0 spiro atoms. The fourth-order valence-electron chi connectivity index (χ4n) is 3.99. The molecule has 1 saturated heterocycles. The number of halogens is 2. The quantitative estimate of drug-likeness (QED) is 0.727. The van der Waals surface area contributed by atoms with Gasteiger partial charge in [-0.2, -0.15) is 0 Å². The molecule has 1 aromatic heterocycles. The lowest BCUT2D eigenvalue weighted by atomic mass is 9.91. The van der Waals surface area contributed by atoms with Crippen LogP contribution in [0.15, 0.2) is 54.7 Å². The number of carboxylic acid groups (broad SMARTS) is 1. The van der Waals surface area contributed by atoms with Gasteiger partial charge in [-0.1, -0.05) is 24.3 Å². The maximum Gasteiger partial charge on any atom is 0.307 e. The SMILES string of the molecule is O=C(O)C1CCCN(C(c2cnc3ccccc3c2)c2ccc(F)cc2F)C1. The van der Waals surface area contributed by atoms with Gasteiger partial charge in [0.05, 0.1) is 17.5 Å². The van der Waals surface area contributed by atoms with Gasteiger partial charge in [0.1, 0.15) is 11.6 Å². The van der Waals surface area contributed by atoms with Gasteiger partial charge < -0.3 is 5.11 Å². The molecule has 0 aliphatic carbocycles. The highest BCUT2D eigenvalue weighted by atomic mass is 19.1. The first-order chi connectivity index (χ1) is 13.5. The van der Waals surface area contributed by atoms with E-state index < -0.39 is 29.6 Å². The molecule has 1 aliphatic rings. The molecule has 0 bridgehead atoms. The average Bonchev–Trinajstić information content (AvgIpc) is 2.70. The summed E-state index contributed by atoms with van der Waals surface area (Å²) in [6.45, 7) is 0.946. The fourth-order valence-corrected chi connectivity index (χ4v) is 3.99. The van der Waals surface area contributed by atoms with E-state index >= 15 is 0 Å². The number of aromatic nitrogens is 1. The Morgan fingerprint density at radius 1 is 1.18 bits per heavy atom. The molecule has 6 heteroatoms. The predicted octanol–water partition coefficient (Wildman–Crippen LogP) is 4.40. The predicted molar refractivity (Wildman–Crippen MR) is 102 cm³/mol. The Labute approximate surface area is 161 Å². The van der Waals surface area contributed by atoms with Gasteiger partial charge in [-0.25, -0.2) is 8.78 Å². The van der Waals surface area contributed by atoms with E-state index in [4.69, 9.17) is 0 Å². The highest BCUT2D eigenvalue weighted by molar-refractivity contribution is 5.79. The molecule has 0 saturated carbocycles. The molecule has 1 fully saturated rings. The molecule has 1 N–H and O–H groups in total. The molecule has 144 valence electrons. The van der Waals surface area contributed by atoms with Crippen molar-refractivity contribution in [1.29, 1.82) is 0 Å². The zero-order valence-corrected chi connectivity index (χ0v) is 15.2. The third kappa shape index (κ3) is 3.60. The van der Waals surface area contributed by atoms with Gasteiger partial charge in [-0.3, -0.25) is 14.7 Å². The molecule has 1 aliphatic heterocycles. The van der Waals surface area contributed by atoms with E-state index in [1.165, 1.54) is 12.1 Å². The van der Waals surface area contributed by atoms with Gasteiger partial charge in [0.2, 0.25) is 0 Å². The Hall–Kier alpha value is -2.86. The van der Waals surface area contributed by atoms with Crippen molar-refractivity contribution in [3.8, 4) is 0 Å². The van der Waals surface area contributed by atoms with E-state index in [2.05, 4.69) is 4.98 Å². The molecule has 4 nitrogen and oxygen atoms in total. The molecule has 4 rings (SSSR count). The first-order valence-electron chi connectivity index (χ1n) is 9.29. The van der Waals surface area contributed by atoms with Gasteiger partial charge in [0.15, 0.2) is 0 Å². The monoisotopic (exact) mass is 382 g/mol. The van der Waals surface area contributed by atoms with Gasteiger partial charge in [0.25, 0.3) is 0 Å². The van der Waals surface area contributed by atoms with Gasteiger partial charge in [0, 0.05) is 29.8 Å². The lowest BCUT2D eigenvalue weighted by molar-refractivity contribution is -0.143. The minimum Gasteiger partial charge on any atom is -0.481 e. The van der Waals surface area contributed by atoms with Crippen LogP contribution in [-0.2, 0) is 4.79 Å². The smallest absolute Gasteiger partial charge is 0.307 e. The minimum atomic E-state index is -0.848. The second-order valence-electron chi connectivity index (χ2n) is 7.20. The van der Waals surface area contributed by atoms with Crippen LogP contribution in [0.2, 0.25) is 0 Å². The normalized spacial score (nSPS) is 18.9. The number of fused-ring (bicyclic) bond motifs is 1. The summed E-state index contributed by atoms with van der Waals surface area (Å²) < 4.78 is 28.2. The highest BCUT2D eigenvalue weighted by Crippen LogP contribution is 2.35. The lowest BCUT2D eigenvalue weighted by Gasteiger charge is -2.37. The molecule has 2 heterocycles. The van der Waals surface area contributed by atoms with Crippen LogP contribution in [0.1, 0.15) is 30.0 Å². The summed E-state index contributed by atoms with van der Waals surface area (Å²) in [6, 6.07) is 12.6. The molecule has 2 aromatic carbocycles. The third-order valence-corrected chi connectivity index (χ3v) is 5.35. The number of hydrogen-bond donors (Lipinski definition) is 1.